The predicted molar refractivity (Wildman–Crippen MR) is 163 cm³/mol. The molecule has 1 aliphatic rings. The van der Waals surface area contributed by atoms with Crippen LogP contribution in [0.4, 0.5) is 13.2 Å². The van der Waals surface area contributed by atoms with Crippen molar-refractivity contribution in [3.63, 3.8) is 0 Å². The van der Waals surface area contributed by atoms with E-state index in [1.54, 1.807) is 30.0 Å². The van der Waals surface area contributed by atoms with Crippen LogP contribution in [0.1, 0.15) is 103 Å². The SMILES string of the molecule is CC(C)CCN1C=CC=C(C(=O)O)C1SC(C)CCc1cccc(C(F)(F)F)c1.CCCCCCCCCCN. The first kappa shape index (κ1) is 36.1. The number of carboxylic acids is 1. The fourth-order valence-corrected chi connectivity index (χ4v) is 5.72. The summed E-state index contributed by atoms with van der Waals surface area (Å²) in [4.78, 5) is 13.7. The van der Waals surface area contributed by atoms with Gasteiger partial charge in [0.2, 0.25) is 0 Å². The minimum Gasteiger partial charge on any atom is -0.478 e. The Morgan fingerprint density at radius 3 is 2.27 bits per heavy atom. The van der Waals surface area contributed by atoms with E-state index in [4.69, 9.17) is 5.73 Å². The van der Waals surface area contributed by atoms with Crippen molar-refractivity contribution in [1.29, 1.82) is 0 Å². The molecule has 0 saturated heterocycles. The monoisotopic (exact) mass is 584 g/mol. The van der Waals surface area contributed by atoms with Crippen molar-refractivity contribution in [3.8, 4) is 0 Å². The number of nitrogens with zero attached hydrogens (tertiary/aromatic N) is 1. The molecule has 3 N–H and O–H groups in total. The fraction of sp³-hybridized carbons (Fsp3) is 0.656. The van der Waals surface area contributed by atoms with Crippen LogP contribution < -0.4 is 5.73 Å². The summed E-state index contributed by atoms with van der Waals surface area (Å²) in [5.74, 6) is -0.432. The van der Waals surface area contributed by atoms with Crippen molar-refractivity contribution in [1.82, 2.24) is 4.90 Å². The number of carboxylic acid groups (broad SMARTS) is 1. The Hall–Kier alpha value is -1.93. The van der Waals surface area contributed by atoms with Crippen molar-refractivity contribution < 1.29 is 23.1 Å². The number of halogens is 3. The van der Waals surface area contributed by atoms with Crippen LogP contribution >= 0.6 is 11.8 Å². The molecular formula is C32H51F3N2O2S. The highest BCUT2D eigenvalue weighted by Crippen LogP contribution is 2.33. The first-order chi connectivity index (χ1) is 19.0. The number of aliphatic carboxylic acids is 1. The van der Waals surface area contributed by atoms with Crippen LogP contribution in [0.2, 0.25) is 0 Å². The van der Waals surface area contributed by atoms with Crippen molar-refractivity contribution >= 4 is 17.7 Å². The van der Waals surface area contributed by atoms with Gasteiger partial charge in [-0.25, -0.2) is 4.79 Å². The predicted octanol–water partition coefficient (Wildman–Crippen LogP) is 9.06. The van der Waals surface area contributed by atoms with E-state index < -0.39 is 17.7 Å². The van der Waals surface area contributed by atoms with E-state index in [9.17, 15) is 23.1 Å². The topological polar surface area (TPSA) is 66.6 Å². The molecule has 40 heavy (non-hydrogen) atoms. The van der Waals surface area contributed by atoms with Crippen molar-refractivity contribution in [2.45, 2.75) is 115 Å². The normalized spacial score (nSPS) is 16.0. The van der Waals surface area contributed by atoms with Crippen LogP contribution in [0.5, 0.6) is 0 Å². The first-order valence-electron chi connectivity index (χ1n) is 14.9. The minimum absolute atomic E-state index is 0.0883. The smallest absolute Gasteiger partial charge is 0.416 e. The zero-order chi connectivity index (χ0) is 30.0. The highest BCUT2D eigenvalue weighted by molar-refractivity contribution is 8.00. The number of hydrogen-bond donors (Lipinski definition) is 2. The van der Waals surface area contributed by atoms with E-state index in [-0.39, 0.29) is 10.6 Å². The number of nitrogens with two attached hydrogens (primary N) is 1. The molecule has 0 saturated carbocycles. The summed E-state index contributed by atoms with van der Waals surface area (Å²) in [5, 5.41) is 9.37. The summed E-state index contributed by atoms with van der Waals surface area (Å²) in [5.41, 5.74) is 5.74. The Balaban J connectivity index is 0.000000614. The lowest BCUT2D eigenvalue weighted by Crippen LogP contribution is -2.36. The molecule has 1 aliphatic heterocycles. The molecule has 4 nitrogen and oxygen atoms in total. The third-order valence-corrected chi connectivity index (χ3v) is 8.33. The molecule has 0 aliphatic carbocycles. The van der Waals surface area contributed by atoms with Crippen LogP contribution in [0.15, 0.2) is 48.2 Å². The summed E-state index contributed by atoms with van der Waals surface area (Å²) in [6.45, 7) is 10.1. The van der Waals surface area contributed by atoms with E-state index in [0.717, 1.165) is 25.6 Å². The zero-order valence-corrected chi connectivity index (χ0v) is 25.7. The largest absolute Gasteiger partial charge is 0.478 e. The molecule has 1 aromatic carbocycles. The molecule has 0 bridgehead atoms. The van der Waals surface area contributed by atoms with Gasteiger partial charge in [0.05, 0.1) is 11.1 Å². The fourth-order valence-electron chi connectivity index (χ4n) is 4.36. The van der Waals surface area contributed by atoms with Gasteiger partial charge in [0.25, 0.3) is 0 Å². The number of alkyl halides is 3. The van der Waals surface area contributed by atoms with E-state index in [1.807, 2.05) is 13.1 Å². The molecule has 2 atom stereocenters. The first-order valence-corrected chi connectivity index (χ1v) is 15.8. The van der Waals surface area contributed by atoms with E-state index >= 15 is 0 Å². The van der Waals surface area contributed by atoms with Gasteiger partial charge in [0.15, 0.2) is 0 Å². The third-order valence-electron chi connectivity index (χ3n) is 6.84. The van der Waals surface area contributed by atoms with Crippen LogP contribution in [0, 0.1) is 5.92 Å². The average Bonchev–Trinajstić information content (AvgIpc) is 2.90. The minimum atomic E-state index is -4.34. The maximum absolute atomic E-state index is 12.9. The summed E-state index contributed by atoms with van der Waals surface area (Å²) < 4.78 is 38.7. The van der Waals surface area contributed by atoms with Crippen molar-refractivity contribution in [3.05, 3.63) is 59.3 Å². The second kappa shape index (κ2) is 20.0. The summed E-state index contributed by atoms with van der Waals surface area (Å²) in [7, 11) is 0. The lowest BCUT2D eigenvalue weighted by atomic mass is 10.1. The third kappa shape index (κ3) is 15.2. The molecule has 228 valence electrons. The van der Waals surface area contributed by atoms with Crippen LogP contribution in [0.25, 0.3) is 0 Å². The van der Waals surface area contributed by atoms with Gasteiger partial charge < -0.3 is 15.7 Å². The standard InChI is InChI=1S/C22H28F3NO2S.C10H23N/c1-15(2)11-13-26-12-5-8-19(21(27)28)20(26)29-16(3)9-10-17-6-4-7-18(14-17)22(23,24)25;1-2-3-4-5-6-7-8-9-10-11/h4-8,12,14-16,20H,9-11,13H2,1-3H3,(H,27,28);2-11H2,1H3. The maximum Gasteiger partial charge on any atom is 0.416 e. The van der Waals surface area contributed by atoms with Gasteiger partial charge in [-0.2, -0.15) is 13.2 Å². The highest BCUT2D eigenvalue weighted by atomic mass is 32.2. The number of unbranched alkanes of at least 4 members (excludes halogenated alkanes) is 7. The molecule has 2 unspecified atom stereocenters. The maximum atomic E-state index is 12.9. The van der Waals surface area contributed by atoms with Crippen LogP contribution in [-0.2, 0) is 17.4 Å². The number of thioether (sulfide) groups is 1. The highest BCUT2D eigenvalue weighted by Gasteiger charge is 2.31. The van der Waals surface area contributed by atoms with Gasteiger partial charge in [-0.05, 0) is 61.9 Å². The van der Waals surface area contributed by atoms with Gasteiger partial charge in [0, 0.05) is 18.0 Å². The lowest BCUT2D eigenvalue weighted by molar-refractivity contribution is -0.137. The van der Waals surface area contributed by atoms with E-state index in [1.165, 1.54) is 63.5 Å². The Bertz CT molecular complexity index is 894. The Morgan fingerprint density at radius 1 is 1.05 bits per heavy atom. The van der Waals surface area contributed by atoms with Gasteiger partial charge in [-0.3, -0.25) is 0 Å². The van der Waals surface area contributed by atoms with Crippen LogP contribution in [0.3, 0.4) is 0 Å². The Kier molecular flexibility index (Phi) is 18.1. The summed E-state index contributed by atoms with van der Waals surface area (Å²) in [6.07, 6.45) is 14.1. The van der Waals surface area contributed by atoms with Gasteiger partial charge in [-0.15, -0.1) is 11.8 Å². The quantitative estimate of drug-likeness (QED) is 0.179. The molecule has 0 fully saturated rings. The molecule has 8 heteroatoms. The number of carbonyl (C=O) groups is 1. The summed E-state index contributed by atoms with van der Waals surface area (Å²) >= 11 is 1.55. The second-order valence-corrected chi connectivity index (χ2v) is 12.5. The second-order valence-electron chi connectivity index (χ2n) is 11.0. The number of hydrogen-bond acceptors (Lipinski definition) is 4. The van der Waals surface area contributed by atoms with Crippen LogP contribution in [-0.4, -0.2) is 39.7 Å². The van der Waals surface area contributed by atoms with E-state index in [0.29, 0.717) is 29.9 Å². The molecule has 1 aromatic rings. The molecular weight excluding hydrogens is 533 g/mol. The molecule has 2 rings (SSSR count). The number of aryl methyl sites for hydroxylation is 1. The molecule has 0 amide bonds. The number of rotatable bonds is 17. The van der Waals surface area contributed by atoms with Crippen molar-refractivity contribution in [2.24, 2.45) is 11.7 Å². The van der Waals surface area contributed by atoms with Gasteiger partial charge in [0.1, 0.15) is 5.37 Å². The molecule has 1 heterocycles. The zero-order valence-electron chi connectivity index (χ0n) is 24.9. The average molecular weight is 585 g/mol. The van der Waals surface area contributed by atoms with E-state index in [2.05, 4.69) is 25.7 Å². The number of allylic oxidation sites excluding steroid dienone is 2. The lowest BCUT2D eigenvalue weighted by Gasteiger charge is -2.34. The van der Waals surface area contributed by atoms with Gasteiger partial charge in [-0.1, -0.05) is 90.8 Å². The van der Waals surface area contributed by atoms with Crippen molar-refractivity contribution in [2.75, 3.05) is 13.1 Å². The number of benzene rings is 1. The molecule has 0 spiro atoms. The van der Waals surface area contributed by atoms with Gasteiger partial charge >= 0.3 is 12.1 Å². The molecule has 0 radical (unpaired) electrons. The Labute approximate surface area is 244 Å². The molecule has 0 aromatic heterocycles. The summed E-state index contributed by atoms with van der Waals surface area (Å²) in [6, 6.07) is 5.40. The Morgan fingerprint density at radius 2 is 1.70 bits per heavy atom.